The van der Waals surface area contributed by atoms with Gasteiger partial charge in [0.05, 0.1) is 12.5 Å². The van der Waals surface area contributed by atoms with E-state index in [4.69, 9.17) is 10.8 Å². The molecule has 0 radical (unpaired) electrons. The number of aryl methyl sites for hydroxylation is 1. The first kappa shape index (κ1) is 25.2. The number of carboxylic acid groups (broad SMARTS) is 1. The van der Waals surface area contributed by atoms with Crippen molar-refractivity contribution in [3.05, 3.63) is 59.3 Å². The molecule has 1 aliphatic rings. The van der Waals surface area contributed by atoms with E-state index in [1.54, 1.807) is 13.0 Å². The molecular weight excluding hydrogens is 434 g/mol. The lowest BCUT2D eigenvalue weighted by atomic mass is 9.84. The highest BCUT2D eigenvalue weighted by atomic mass is 16.4. The molecule has 3 rings (SSSR count). The average molecular weight is 468 g/mol. The summed E-state index contributed by atoms with van der Waals surface area (Å²) in [5, 5.41) is 14.8. The van der Waals surface area contributed by atoms with E-state index in [0.717, 1.165) is 23.2 Å². The number of carbonyl (C=O) groups is 3. The monoisotopic (exact) mass is 467 g/mol. The van der Waals surface area contributed by atoms with Gasteiger partial charge >= 0.3 is 5.97 Å². The van der Waals surface area contributed by atoms with Crippen LogP contribution in [0.4, 0.5) is 5.82 Å². The first-order valence-electron chi connectivity index (χ1n) is 11.6. The molecule has 1 aromatic heterocycles. The number of benzene rings is 1. The highest BCUT2D eigenvalue weighted by Gasteiger charge is 2.35. The lowest BCUT2D eigenvalue weighted by molar-refractivity contribution is -0.139. The number of piperidine rings is 1. The van der Waals surface area contributed by atoms with Crippen LogP contribution in [0.5, 0.6) is 0 Å². The number of likely N-dealkylation sites (tertiary alicyclic amines) is 1. The van der Waals surface area contributed by atoms with Crippen LogP contribution in [-0.4, -0.2) is 57.9 Å². The molecule has 1 aromatic carbocycles. The van der Waals surface area contributed by atoms with Crippen LogP contribution in [0.1, 0.15) is 48.9 Å². The molecule has 2 amide bonds. The van der Waals surface area contributed by atoms with Crippen molar-refractivity contribution in [1.29, 1.82) is 0 Å². The predicted molar refractivity (Wildman–Crippen MR) is 129 cm³/mol. The largest absolute Gasteiger partial charge is 0.481 e. The number of carbonyl (C=O) groups excluding carboxylic acids is 2. The summed E-state index contributed by atoms with van der Waals surface area (Å²) in [4.78, 5) is 43.1. The SMILES string of the molecule is Cc1nc(N)ccc1CNC(=O)[C@H](C)NC(=O)[C@H]1C[C@@H](c2ccccc2)CCN1CCC(=O)O. The second-order valence-corrected chi connectivity index (χ2v) is 8.76. The molecule has 1 aliphatic heterocycles. The van der Waals surface area contributed by atoms with Gasteiger partial charge in [-0.05, 0) is 56.3 Å². The molecular formula is C25H33N5O4. The van der Waals surface area contributed by atoms with Crippen LogP contribution >= 0.6 is 0 Å². The fraction of sp³-hybridized carbons (Fsp3) is 0.440. The van der Waals surface area contributed by atoms with Crippen molar-refractivity contribution in [3.8, 4) is 0 Å². The molecule has 0 aliphatic carbocycles. The molecule has 0 spiro atoms. The first-order valence-corrected chi connectivity index (χ1v) is 11.6. The van der Waals surface area contributed by atoms with Crippen molar-refractivity contribution in [2.45, 2.75) is 57.7 Å². The third-order valence-electron chi connectivity index (χ3n) is 6.32. The molecule has 5 N–H and O–H groups in total. The van der Waals surface area contributed by atoms with Gasteiger partial charge in [0.1, 0.15) is 11.9 Å². The molecule has 182 valence electrons. The van der Waals surface area contributed by atoms with Crippen molar-refractivity contribution in [3.63, 3.8) is 0 Å². The summed E-state index contributed by atoms with van der Waals surface area (Å²) in [6.07, 6.45) is 1.38. The highest BCUT2D eigenvalue weighted by Crippen LogP contribution is 2.31. The van der Waals surface area contributed by atoms with Gasteiger partial charge in [-0.25, -0.2) is 4.98 Å². The number of hydrogen-bond acceptors (Lipinski definition) is 6. The molecule has 0 saturated carbocycles. The maximum atomic E-state index is 13.2. The summed E-state index contributed by atoms with van der Waals surface area (Å²) < 4.78 is 0. The Morgan fingerprint density at radius 2 is 1.94 bits per heavy atom. The van der Waals surface area contributed by atoms with Crippen LogP contribution in [-0.2, 0) is 20.9 Å². The highest BCUT2D eigenvalue weighted by molar-refractivity contribution is 5.89. The van der Waals surface area contributed by atoms with E-state index in [0.29, 0.717) is 25.3 Å². The predicted octanol–water partition coefficient (Wildman–Crippen LogP) is 1.82. The zero-order valence-corrected chi connectivity index (χ0v) is 19.7. The summed E-state index contributed by atoms with van der Waals surface area (Å²) in [6, 6.07) is 12.3. The number of aliphatic carboxylic acids is 1. The number of nitrogens with two attached hydrogens (primary N) is 1. The van der Waals surface area contributed by atoms with Gasteiger partial charge < -0.3 is 21.5 Å². The Hall–Kier alpha value is -3.46. The van der Waals surface area contributed by atoms with Gasteiger partial charge in [0.15, 0.2) is 0 Å². The first-order chi connectivity index (χ1) is 16.2. The second kappa shape index (κ2) is 11.6. The minimum atomic E-state index is -0.899. The van der Waals surface area contributed by atoms with Crippen molar-refractivity contribution < 1.29 is 19.5 Å². The molecule has 0 bridgehead atoms. The average Bonchev–Trinajstić information content (AvgIpc) is 2.82. The van der Waals surface area contributed by atoms with Crippen molar-refractivity contribution in [2.24, 2.45) is 0 Å². The fourth-order valence-corrected chi connectivity index (χ4v) is 4.33. The Morgan fingerprint density at radius 3 is 2.62 bits per heavy atom. The molecule has 2 aromatic rings. The Labute approximate surface area is 199 Å². The molecule has 9 nitrogen and oxygen atoms in total. The maximum Gasteiger partial charge on any atom is 0.304 e. The minimum absolute atomic E-state index is 0.0369. The molecule has 34 heavy (non-hydrogen) atoms. The van der Waals surface area contributed by atoms with Crippen LogP contribution in [0.2, 0.25) is 0 Å². The van der Waals surface area contributed by atoms with Crippen molar-refractivity contribution in [2.75, 3.05) is 18.8 Å². The number of nitrogens with zero attached hydrogens (tertiary/aromatic N) is 2. The van der Waals surface area contributed by atoms with E-state index >= 15 is 0 Å². The molecule has 9 heteroatoms. The number of carboxylic acids is 1. The van der Waals surface area contributed by atoms with Crippen LogP contribution in [0.25, 0.3) is 0 Å². The number of pyridine rings is 1. The van der Waals surface area contributed by atoms with Crippen LogP contribution in [0.15, 0.2) is 42.5 Å². The van der Waals surface area contributed by atoms with E-state index in [-0.39, 0.29) is 30.7 Å². The third kappa shape index (κ3) is 6.77. The Bertz CT molecular complexity index is 1010. The van der Waals surface area contributed by atoms with Gasteiger partial charge in [-0.2, -0.15) is 0 Å². The standard InChI is InChI=1S/C25H33N5O4/c1-16-20(8-9-22(26)28-16)15-27-24(33)17(2)29-25(34)21-14-19(18-6-4-3-5-7-18)10-12-30(21)13-11-23(31)32/h3-9,17,19,21H,10-15H2,1-2H3,(H2,26,28)(H,27,33)(H,29,34)(H,31,32)/t17-,19-,21+/m0/s1. The number of aromatic nitrogens is 1. The van der Waals surface area contributed by atoms with Gasteiger partial charge in [0.25, 0.3) is 0 Å². The summed E-state index contributed by atoms with van der Waals surface area (Å²) in [7, 11) is 0. The quantitative estimate of drug-likeness (QED) is 0.441. The van der Waals surface area contributed by atoms with E-state index in [9.17, 15) is 14.4 Å². The van der Waals surface area contributed by atoms with Crippen LogP contribution in [0, 0.1) is 6.92 Å². The van der Waals surface area contributed by atoms with E-state index in [1.165, 1.54) is 0 Å². The zero-order chi connectivity index (χ0) is 24.7. The van der Waals surface area contributed by atoms with Crippen molar-refractivity contribution in [1.82, 2.24) is 20.5 Å². The second-order valence-electron chi connectivity index (χ2n) is 8.76. The minimum Gasteiger partial charge on any atom is -0.481 e. The topological polar surface area (TPSA) is 138 Å². The van der Waals surface area contributed by atoms with Gasteiger partial charge in [-0.1, -0.05) is 36.4 Å². The number of anilines is 1. The zero-order valence-electron chi connectivity index (χ0n) is 19.7. The number of nitrogens with one attached hydrogen (secondary N) is 2. The van der Waals surface area contributed by atoms with Crippen LogP contribution in [0.3, 0.4) is 0 Å². The summed E-state index contributed by atoms with van der Waals surface area (Å²) in [5.74, 6) is -0.856. The maximum absolute atomic E-state index is 13.2. The normalized spacial score (nSPS) is 19.2. The summed E-state index contributed by atoms with van der Waals surface area (Å²) >= 11 is 0. The van der Waals surface area contributed by atoms with E-state index in [1.807, 2.05) is 36.1 Å². The number of nitrogen functional groups attached to an aromatic ring is 1. The van der Waals surface area contributed by atoms with Gasteiger partial charge in [-0.15, -0.1) is 0 Å². The number of rotatable bonds is 9. The molecule has 3 atom stereocenters. The third-order valence-corrected chi connectivity index (χ3v) is 6.32. The van der Waals surface area contributed by atoms with Gasteiger partial charge in [0, 0.05) is 18.8 Å². The lowest BCUT2D eigenvalue weighted by Crippen LogP contribution is -2.55. The summed E-state index contributed by atoms with van der Waals surface area (Å²) in [5.41, 5.74) is 8.42. The molecule has 1 fully saturated rings. The number of amides is 2. The van der Waals surface area contributed by atoms with Crippen molar-refractivity contribution >= 4 is 23.6 Å². The number of hydrogen-bond donors (Lipinski definition) is 4. The Balaban J connectivity index is 1.62. The lowest BCUT2D eigenvalue weighted by Gasteiger charge is -2.39. The van der Waals surface area contributed by atoms with Crippen LogP contribution < -0.4 is 16.4 Å². The molecule has 0 unspecified atom stereocenters. The summed E-state index contributed by atoms with van der Waals surface area (Å²) in [6.45, 7) is 4.65. The van der Waals surface area contributed by atoms with E-state index in [2.05, 4.69) is 27.8 Å². The Morgan fingerprint density at radius 1 is 1.21 bits per heavy atom. The van der Waals surface area contributed by atoms with E-state index < -0.39 is 18.1 Å². The smallest absolute Gasteiger partial charge is 0.304 e. The van der Waals surface area contributed by atoms with Gasteiger partial charge in [0.2, 0.25) is 11.8 Å². The Kier molecular flexibility index (Phi) is 8.59. The molecule has 2 heterocycles. The van der Waals surface area contributed by atoms with Gasteiger partial charge in [-0.3, -0.25) is 19.3 Å². The molecule has 1 saturated heterocycles. The fourth-order valence-electron chi connectivity index (χ4n) is 4.33.